The summed E-state index contributed by atoms with van der Waals surface area (Å²) in [7, 11) is 0. The van der Waals surface area contributed by atoms with Crippen LogP contribution in [-0.4, -0.2) is 41.8 Å². The summed E-state index contributed by atoms with van der Waals surface area (Å²) in [6.45, 7) is 10.8. The van der Waals surface area contributed by atoms with E-state index in [-0.39, 0.29) is 6.09 Å². The molecular formula is C17H34N2O2S. The van der Waals surface area contributed by atoms with E-state index >= 15 is 0 Å². The van der Waals surface area contributed by atoms with Crippen LogP contribution in [0.1, 0.15) is 60.3 Å². The van der Waals surface area contributed by atoms with Crippen LogP contribution >= 0.6 is 11.8 Å². The largest absolute Gasteiger partial charge is 0.444 e. The molecule has 1 aliphatic carbocycles. The molecule has 22 heavy (non-hydrogen) atoms. The molecule has 0 bridgehead atoms. The Bertz CT molecular complexity index is 331. The monoisotopic (exact) mass is 330 g/mol. The van der Waals surface area contributed by atoms with Gasteiger partial charge in [0, 0.05) is 24.4 Å². The standard InChI is InChI=1S/C17H34N2O2S/c1-6-22-12-13(2)19-15-10-8-7-9-14(15)11-18-16(20)21-17(3,4)5/h13-15,19H,6-12H2,1-5H3,(H,18,20). The molecule has 0 saturated heterocycles. The van der Waals surface area contributed by atoms with E-state index in [4.69, 9.17) is 4.74 Å². The average molecular weight is 331 g/mol. The van der Waals surface area contributed by atoms with Gasteiger partial charge in [-0.1, -0.05) is 19.8 Å². The highest BCUT2D eigenvalue weighted by Crippen LogP contribution is 2.24. The fourth-order valence-electron chi connectivity index (χ4n) is 2.91. The zero-order valence-electron chi connectivity index (χ0n) is 14.9. The lowest BCUT2D eigenvalue weighted by Crippen LogP contribution is -2.48. The zero-order chi connectivity index (χ0) is 16.6. The molecule has 5 heteroatoms. The second kappa shape index (κ2) is 9.66. The van der Waals surface area contributed by atoms with Crippen LogP contribution in [0.25, 0.3) is 0 Å². The van der Waals surface area contributed by atoms with Crippen LogP contribution < -0.4 is 10.6 Å². The van der Waals surface area contributed by atoms with Crippen molar-refractivity contribution in [1.82, 2.24) is 10.6 Å². The first-order chi connectivity index (χ1) is 10.3. The molecule has 130 valence electrons. The molecule has 1 amide bonds. The first-order valence-corrected chi connectivity index (χ1v) is 9.78. The number of amides is 1. The molecule has 0 spiro atoms. The maximum atomic E-state index is 11.8. The van der Waals surface area contributed by atoms with Crippen molar-refractivity contribution in [1.29, 1.82) is 0 Å². The minimum Gasteiger partial charge on any atom is -0.444 e. The van der Waals surface area contributed by atoms with Gasteiger partial charge >= 0.3 is 6.09 Å². The predicted molar refractivity (Wildman–Crippen MR) is 95.6 cm³/mol. The van der Waals surface area contributed by atoms with Crippen molar-refractivity contribution in [3.05, 3.63) is 0 Å². The lowest BCUT2D eigenvalue weighted by atomic mass is 9.84. The Morgan fingerprint density at radius 3 is 2.64 bits per heavy atom. The van der Waals surface area contributed by atoms with Gasteiger partial charge < -0.3 is 15.4 Å². The molecule has 1 fully saturated rings. The Labute approximate surface area is 140 Å². The molecule has 2 N–H and O–H groups in total. The van der Waals surface area contributed by atoms with Gasteiger partial charge in [-0.25, -0.2) is 4.79 Å². The first-order valence-electron chi connectivity index (χ1n) is 8.62. The van der Waals surface area contributed by atoms with Crippen molar-refractivity contribution in [3.63, 3.8) is 0 Å². The maximum Gasteiger partial charge on any atom is 0.407 e. The van der Waals surface area contributed by atoms with E-state index in [1.807, 2.05) is 32.5 Å². The van der Waals surface area contributed by atoms with Crippen LogP contribution in [0.15, 0.2) is 0 Å². The topological polar surface area (TPSA) is 50.4 Å². The second-order valence-corrected chi connectivity index (χ2v) is 8.58. The minimum absolute atomic E-state index is 0.300. The molecule has 3 unspecified atom stereocenters. The SMILES string of the molecule is CCSCC(C)NC1CCCCC1CNC(=O)OC(C)(C)C. The van der Waals surface area contributed by atoms with Crippen LogP contribution in [0.4, 0.5) is 4.79 Å². The van der Waals surface area contributed by atoms with E-state index in [0.29, 0.717) is 24.5 Å². The van der Waals surface area contributed by atoms with Crippen LogP contribution in [-0.2, 0) is 4.74 Å². The third-order valence-electron chi connectivity index (χ3n) is 3.89. The Hall–Kier alpha value is -0.420. The van der Waals surface area contributed by atoms with Crippen LogP contribution in [0.5, 0.6) is 0 Å². The fraction of sp³-hybridized carbons (Fsp3) is 0.941. The Balaban J connectivity index is 2.39. The summed E-state index contributed by atoms with van der Waals surface area (Å²) >= 11 is 1.98. The number of ether oxygens (including phenoxy) is 1. The highest BCUT2D eigenvalue weighted by molar-refractivity contribution is 7.99. The van der Waals surface area contributed by atoms with Crippen molar-refractivity contribution in [2.24, 2.45) is 5.92 Å². The van der Waals surface area contributed by atoms with Gasteiger partial charge in [-0.05, 0) is 52.2 Å². The number of nitrogens with one attached hydrogen (secondary N) is 2. The first kappa shape index (κ1) is 19.6. The normalized spacial score (nSPS) is 23.9. The lowest BCUT2D eigenvalue weighted by molar-refractivity contribution is 0.0510. The molecule has 0 heterocycles. The van der Waals surface area contributed by atoms with Gasteiger partial charge in [-0.2, -0.15) is 11.8 Å². The molecular weight excluding hydrogens is 296 g/mol. The molecule has 0 aromatic carbocycles. The van der Waals surface area contributed by atoms with Gasteiger partial charge in [0.1, 0.15) is 5.60 Å². The van der Waals surface area contributed by atoms with Gasteiger partial charge in [0.2, 0.25) is 0 Å². The van der Waals surface area contributed by atoms with Gasteiger partial charge in [0.05, 0.1) is 0 Å². The highest BCUT2D eigenvalue weighted by atomic mass is 32.2. The summed E-state index contributed by atoms with van der Waals surface area (Å²) < 4.78 is 5.32. The highest BCUT2D eigenvalue weighted by Gasteiger charge is 2.27. The molecule has 1 aliphatic rings. The van der Waals surface area contributed by atoms with Crippen molar-refractivity contribution in [3.8, 4) is 0 Å². The Morgan fingerprint density at radius 2 is 2.00 bits per heavy atom. The van der Waals surface area contributed by atoms with Crippen molar-refractivity contribution < 1.29 is 9.53 Å². The van der Waals surface area contributed by atoms with E-state index in [2.05, 4.69) is 24.5 Å². The van der Waals surface area contributed by atoms with Crippen molar-refractivity contribution in [2.75, 3.05) is 18.1 Å². The summed E-state index contributed by atoms with van der Waals surface area (Å²) in [5, 5.41) is 6.71. The van der Waals surface area contributed by atoms with E-state index in [9.17, 15) is 4.79 Å². The van der Waals surface area contributed by atoms with Crippen LogP contribution in [0.2, 0.25) is 0 Å². The maximum absolute atomic E-state index is 11.8. The number of alkyl carbamates (subject to hydrolysis) is 1. The molecule has 1 rings (SSSR count). The molecule has 0 aliphatic heterocycles. The quantitative estimate of drug-likeness (QED) is 0.745. The number of thioether (sulfide) groups is 1. The molecule has 0 radical (unpaired) electrons. The average Bonchev–Trinajstić information content (AvgIpc) is 2.42. The minimum atomic E-state index is -0.430. The van der Waals surface area contributed by atoms with E-state index < -0.39 is 5.60 Å². The van der Waals surface area contributed by atoms with Gasteiger partial charge in [0.15, 0.2) is 0 Å². The van der Waals surface area contributed by atoms with E-state index in [1.165, 1.54) is 31.4 Å². The third kappa shape index (κ3) is 8.28. The molecule has 4 nitrogen and oxygen atoms in total. The van der Waals surface area contributed by atoms with E-state index in [0.717, 1.165) is 5.75 Å². The zero-order valence-corrected chi connectivity index (χ0v) is 15.7. The summed E-state index contributed by atoms with van der Waals surface area (Å²) in [4.78, 5) is 11.8. The molecule has 0 aromatic rings. The van der Waals surface area contributed by atoms with Crippen molar-refractivity contribution >= 4 is 17.9 Å². The number of carbonyl (C=O) groups excluding carboxylic acids is 1. The fourth-order valence-corrected chi connectivity index (χ4v) is 3.59. The number of hydrogen-bond acceptors (Lipinski definition) is 4. The molecule has 1 saturated carbocycles. The van der Waals surface area contributed by atoms with E-state index in [1.54, 1.807) is 0 Å². The Morgan fingerprint density at radius 1 is 1.32 bits per heavy atom. The van der Waals surface area contributed by atoms with Crippen molar-refractivity contribution in [2.45, 2.75) is 78.0 Å². The summed E-state index contributed by atoms with van der Waals surface area (Å²) in [6, 6.07) is 1.04. The smallest absolute Gasteiger partial charge is 0.407 e. The number of hydrogen-bond donors (Lipinski definition) is 2. The van der Waals surface area contributed by atoms with Gasteiger partial charge in [-0.3, -0.25) is 0 Å². The van der Waals surface area contributed by atoms with Crippen LogP contribution in [0, 0.1) is 5.92 Å². The van der Waals surface area contributed by atoms with Gasteiger partial charge in [-0.15, -0.1) is 0 Å². The summed E-state index contributed by atoms with van der Waals surface area (Å²) in [5.74, 6) is 2.83. The third-order valence-corrected chi connectivity index (χ3v) is 5.03. The number of carbonyl (C=O) groups is 1. The summed E-state index contributed by atoms with van der Waals surface area (Å²) in [5.41, 5.74) is -0.430. The Kier molecular flexibility index (Phi) is 8.62. The number of rotatable bonds is 7. The lowest BCUT2D eigenvalue weighted by Gasteiger charge is -2.34. The second-order valence-electron chi connectivity index (χ2n) is 7.26. The predicted octanol–water partition coefficient (Wildman–Crippen LogP) is 3.80. The van der Waals surface area contributed by atoms with Gasteiger partial charge in [0.25, 0.3) is 0 Å². The molecule has 0 aromatic heterocycles. The van der Waals surface area contributed by atoms with Crippen LogP contribution in [0.3, 0.4) is 0 Å². The summed E-state index contributed by atoms with van der Waals surface area (Å²) in [6.07, 6.45) is 4.64. The molecule has 3 atom stereocenters.